The second-order valence-electron chi connectivity index (χ2n) is 7.24. The van der Waals surface area contributed by atoms with Gasteiger partial charge in [0.25, 0.3) is 0 Å². The average molecular weight is 485 g/mol. The normalized spacial score (nSPS) is 11.0. The molecule has 1 heterocycles. The Morgan fingerprint density at radius 1 is 1.27 bits per heavy atom. The summed E-state index contributed by atoms with van der Waals surface area (Å²) in [6.07, 6.45) is 1.81. The molecular formula is C23H25BrN4OS. The minimum Gasteiger partial charge on any atom is -0.325 e. The zero-order chi connectivity index (χ0) is 21.7. The molecule has 0 atom stereocenters. The van der Waals surface area contributed by atoms with Gasteiger partial charge in [-0.1, -0.05) is 71.9 Å². The maximum atomic E-state index is 12.6. The number of thioether (sulfide) groups is 1. The van der Waals surface area contributed by atoms with Crippen LogP contribution in [0.2, 0.25) is 0 Å². The first-order chi connectivity index (χ1) is 14.4. The lowest BCUT2D eigenvalue weighted by Gasteiger charge is -2.14. The Morgan fingerprint density at radius 2 is 2.03 bits per heavy atom. The molecule has 3 aromatic rings. The van der Waals surface area contributed by atoms with E-state index in [0.717, 1.165) is 32.7 Å². The van der Waals surface area contributed by atoms with Crippen molar-refractivity contribution in [1.82, 2.24) is 14.8 Å². The molecule has 3 rings (SSSR count). The molecule has 0 unspecified atom stereocenters. The quantitative estimate of drug-likeness (QED) is 0.312. The van der Waals surface area contributed by atoms with Crippen LogP contribution < -0.4 is 5.32 Å². The Kier molecular flexibility index (Phi) is 7.50. The number of hydrogen-bond acceptors (Lipinski definition) is 4. The van der Waals surface area contributed by atoms with E-state index < -0.39 is 0 Å². The van der Waals surface area contributed by atoms with E-state index in [1.165, 1.54) is 11.8 Å². The number of aryl methyl sites for hydroxylation is 1. The Hall–Kier alpha value is -2.38. The van der Waals surface area contributed by atoms with Crippen LogP contribution >= 0.6 is 27.7 Å². The molecule has 156 valence electrons. The van der Waals surface area contributed by atoms with Crippen molar-refractivity contribution in [2.24, 2.45) is 0 Å². The van der Waals surface area contributed by atoms with Gasteiger partial charge >= 0.3 is 0 Å². The number of allylic oxidation sites excluding steroid dienone is 1. The van der Waals surface area contributed by atoms with Crippen molar-refractivity contribution in [2.75, 3.05) is 11.1 Å². The van der Waals surface area contributed by atoms with Gasteiger partial charge in [0.1, 0.15) is 0 Å². The summed E-state index contributed by atoms with van der Waals surface area (Å²) >= 11 is 4.87. The number of rotatable bonds is 8. The number of carbonyl (C=O) groups is 1. The van der Waals surface area contributed by atoms with Crippen LogP contribution in [0.15, 0.2) is 64.7 Å². The molecule has 0 spiro atoms. The minimum atomic E-state index is -0.0742. The lowest BCUT2D eigenvalue weighted by Crippen LogP contribution is -2.16. The summed E-state index contributed by atoms with van der Waals surface area (Å²) in [7, 11) is 0. The molecule has 0 aliphatic carbocycles. The molecule has 0 saturated heterocycles. The van der Waals surface area contributed by atoms with E-state index in [9.17, 15) is 4.79 Å². The molecule has 30 heavy (non-hydrogen) atoms. The first-order valence-electron chi connectivity index (χ1n) is 9.73. The van der Waals surface area contributed by atoms with Crippen LogP contribution in [0, 0.1) is 6.92 Å². The molecule has 1 amide bonds. The topological polar surface area (TPSA) is 59.8 Å². The van der Waals surface area contributed by atoms with E-state index in [1.54, 1.807) is 0 Å². The van der Waals surface area contributed by atoms with Crippen LogP contribution in [-0.2, 0) is 11.3 Å². The molecule has 0 fully saturated rings. The predicted molar refractivity (Wildman–Crippen MR) is 128 cm³/mol. The highest BCUT2D eigenvalue weighted by molar-refractivity contribution is 9.10. The highest BCUT2D eigenvalue weighted by Gasteiger charge is 2.17. The van der Waals surface area contributed by atoms with E-state index in [4.69, 9.17) is 0 Å². The van der Waals surface area contributed by atoms with Gasteiger partial charge in [0.15, 0.2) is 11.0 Å². The molecule has 0 saturated carbocycles. The number of anilines is 1. The molecule has 0 radical (unpaired) electrons. The lowest BCUT2D eigenvalue weighted by molar-refractivity contribution is -0.113. The van der Waals surface area contributed by atoms with Crippen LogP contribution in [0.5, 0.6) is 0 Å². The first-order valence-corrected chi connectivity index (χ1v) is 11.5. The van der Waals surface area contributed by atoms with Gasteiger partial charge in [0.2, 0.25) is 5.91 Å². The fraction of sp³-hybridized carbons (Fsp3) is 0.261. The molecular weight excluding hydrogens is 460 g/mol. The number of benzene rings is 2. The van der Waals surface area contributed by atoms with Crippen LogP contribution in [0.3, 0.4) is 0 Å². The van der Waals surface area contributed by atoms with Crippen molar-refractivity contribution in [1.29, 1.82) is 0 Å². The Labute approximate surface area is 190 Å². The van der Waals surface area contributed by atoms with Crippen molar-refractivity contribution >= 4 is 39.3 Å². The SMILES string of the molecule is C=CCn1c(SCC(=O)Nc2ccc(Br)cc2C(C)C)nnc1-c1ccccc1C. The number of nitrogens with zero attached hydrogens (tertiary/aromatic N) is 3. The van der Waals surface area contributed by atoms with Gasteiger partial charge in [-0.3, -0.25) is 9.36 Å². The van der Waals surface area contributed by atoms with Crippen LogP contribution in [0.25, 0.3) is 11.4 Å². The largest absolute Gasteiger partial charge is 0.325 e. The van der Waals surface area contributed by atoms with Gasteiger partial charge in [0.05, 0.1) is 5.75 Å². The number of hydrogen-bond donors (Lipinski definition) is 1. The maximum absolute atomic E-state index is 12.6. The third-order valence-corrected chi connectivity index (χ3v) is 6.12. The van der Waals surface area contributed by atoms with Gasteiger partial charge in [-0.15, -0.1) is 16.8 Å². The Balaban J connectivity index is 1.76. The third-order valence-electron chi connectivity index (χ3n) is 4.66. The number of aromatic nitrogens is 3. The van der Waals surface area contributed by atoms with Gasteiger partial charge in [-0.2, -0.15) is 0 Å². The van der Waals surface area contributed by atoms with Crippen LogP contribution in [-0.4, -0.2) is 26.4 Å². The lowest BCUT2D eigenvalue weighted by atomic mass is 10.0. The molecule has 2 aromatic carbocycles. The summed E-state index contributed by atoms with van der Waals surface area (Å²) in [5.41, 5.74) is 4.09. The summed E-state index contributed by atoms with van der Waals surface area (Å²) < 4.78 is 2.99. The fourth-order valence-corrected chi connectivity index (χ4v) is 4.28. The molecule has 5 nitrogen and oxygen atoms in total. The Bertz CT molecular complexity index is 1060. The van der Waals surface area contributed by atoms with E-state index in [1.807, 2.05) is 60.0 Å². The van der Waals surface area contributed by atoms with Crippen molar-refractivity contribution in [2.45, 2.75) is 38.4 Å². The van der Waals surface area contributed by atoms with Gasteiger partial charge in [-0.25, -0.2) is 0 Å². The summed E-state index contributed by atoms with van der Waals surface area (Å²) in [6.45, 7) is 10.7. The molecule has 1 N–H and O–H groups in total. The van der Waals surface area contributed by atoms with Gasteiger partial charge in [0, 0.05) is 22.3 Å². The van der Waals surface area contributed by atoms with Gasteiger partial charge < -0.3 is 5.32 Å². The minimum absolute atomic E-state index is 0.0742. The molecule has 7 heteroatoms. The fourth-order valence-electron chi connectivity index (χ4n) is 3.15. The van der Waals surface area contributed by atoms with E-state index in [-0.39, 0.29) is 11.7 Å². The summed E-state index contributed by atoms with van der Waals surface area (Å²) in [4.78, 5) is 12.6. The molecule has 0 bridgehead atoms. The van der Waals surface area contributed by atoms with Crippen LogP contribution in [0.4, 0.5) is 5.69 Å². The van der Waals surface area contributed by atoms with Crippen molar-refractivity contribution in [3.8, 4) is 11.4 Å². The number of halogens is 1. The van der Waals surface area contributed by atoms with Crippen molar-refractivity contribution in [3.05, 3.63) is 70.7 Å². The molecule has 0 aliphatic rings. The number of amides is 1. The molecule has 0 aliphatic heterocycles. The Morgan fingerprint density at radius 3 is 2.73 bits per heavy atom. The standard InChI is InChI=1S/C23H25BrN4OS/c1-5-12-28-22(18-9-7-6-8-16(18)4)26-27-23(28)30-14-21(29)25-20-11-10-17(24)13-19(20)15(2)3/h5-11,13,15H,1,12,14H2,2-4H3,(H,25,29). The zero-order valence-electron chi connectivity index (χ0n) is 17.4. The smallest absolute Gasteiger partial charge is 0.234 e. The third kappa shape index (κ3) is 5.21. The van der Waals surface area contributed by atoms with E-state index in [2.05, 4.69) is 51.9 Å². The van der Waals surface area contributed by atoms with Crippen LogP contribution in [0.1, 0.15) is 30.9 Å². The molecule has 1 aromatic heterocycles. The average Bonchev–Trinajstić information content (AvgIpc) is 3.10. The second kappa shape index (κ2) is 10.1. The summed E-state index contributed by atoms with van der Waals surface area (Å²) in [5.74, 6) is 1.26. The van der Waals surface area contributed by atoms with Crippen molar-refractivity contribution < 1.29 is 4.79 Å². The van der Waals surface area contributed by atoms with E-state index >= 15 is 0 Å². The summed E-state index contributed by atoms with van der Waals surface area (Å²) in [5, 5.41) is 12.4. The zero-order valence-corrected chi connectivity index (χ0v) is 19.8. The monoisotopic (exact) mass is 484 g/mol. The maximum Gasteiger partial charge on any atom is 0.234 e. The highest BCUT2D eigenvalue weighted by Crippen LogP contribution is 2.29. The van der Waals surface area contributed by atoms with E-state index in [0.29, 0.717) is 17.6 Å². The highest BCUT2D eigenvalue weighted by atomic mass is 79.9. The van der Waals surface area contributed by atoms with Crippen molar-refractivity contribution in [3.63, 3.8) is 0 Å². The second-order valence-corrected chi connectivity index (χ2v) is 9.10. The van der Waals surface area contributed by atoms with Gasteiger partial charge in [-0.05, 0) is 42.2 Å². The predicted octanol–water partition coefficient (Wildman–Crippen LogP) is 6.06. The summed E-state index contributed by atoms with van der Waals surface area (Å²) in [6, 6.07) is 14.0. The number of carbonyl (C=O) groups excluding carboxylic acids is 1. The first kappa shape index (κ1) is 22.3. The number of nitrogens with one attached hydrogen (secondary N) is 1.